The highest BCUT2D eigenvalue weighted by atomic mass is 35.5. The van der Waals surface area contributed by atoms with Crippen LogP contribution in [0.1, 0.15) is 19.8 Å². The molecule has 0 spiro atoms. The number of halogens is 1. The van der Waals surface area contributed by atoms with Gasteiger partial charge in [-0.25, -0.2) is 4.90 Å². The Morgan fingerprint density at radius 2 is 2.38 bits per heavy atom. The van der Waals surface area contributed by atoms with Crippen LogP contribution in [0.25, 0.3) is 0 Å². The molecule has 0 bridgehead atoms. The Bertz CT molecular complexity index is 387. The van der Waals surface area contributed by atoms with Gasteiger partial charge in [0.2, 0.25) is 0 Å². The predicted octanol–water partition coefficient (Wildman–Crippen LogP) is 1.50. The SMILES string of the molecule is CCCCN=C1NC=C(C#N)N(C#N)C1Cl. The summed E-state index contributed by atoms with van der Waals surface area (Å²) in [6.07, 6.45) is 5.32. The fourth-order valence-electron chi connectivity index (χ4n) is 1.19. The lowest BCUT2D eigenvalue weighted by atomic mass is 10.3. The van der Waals surface area contributed by atoms with Crippen molar-refractivity contribution >= 4 is 17.4 Å². The molecule has 0 amide bonds. The van der Waals surface area contributed by atoms with Crippen LogP contribution in [0.3, 0.4) is 0 Å². The minimum absolute atomic E-state index is 0.192. The Kier molecular flexibility index (Phi) is 4.63. The Labute approximate surface area is 99.6 Å². The van der Waals surface area contributed by atoms with Gasteiger partial charge in [0.1, 0.15) is 17.6 Å². The van der Waals surface area contributed by atoms with Crippen LogP contribution in [0.15, 0.2) is 16.9 Å². The third kappa shape index (κ3) is 2.65. The molecule has 1 atom stereocenters. The zero-order valence-electron chi connectivity index (χ0n) is 8.94. The van der Waals surface area contributed by atoms with Crippen molar-refractivity contribution < 1.29 is 0 Å². The second-order valence-corrected chi connectivity index (χ2v) is 3.63. The fraction of sp³-hybridized carbons (Fsp3) is 0.500. The summed E-state index contributed by atoms with van der Waals surface area (Å²) >= 11 is 6.02. The first-order valence-corrected chi connectivity index (χ1v) is 5.42. The zero-order chi connectivity index (χ0) is 12.0. The summed E-state index contributed by atoms with van der Waals surface area (Å²) in [7, 11) is 0. The van der Waals surface area contributed by atoms with Gasteiger partial charge in [-0.15, -0.1) is 0 Å². The molecule has 1 N–H and O–H groups in total. The van der Waals surface area contributed by atoms with Gasteiger partial charge in [0.25, 0.3) is 0 Å². The van der Waals surface area contributed by atoms with Crippen molar-refractivity contribution in [1.82, 2.24) is 10.2 Å². The summed E-state index contributed by atoms with van der Waals surface area (Å²) in [6.45, 7) is 2.74. The Balaban J connectivity index is 2.80. The molecule has 1 rings (SSSR count). The summed E-state index contributed by atoms with van der Waals surface area (Å²) in [5.74, 6) is 0.510. The normalized spacial score (nSPS) is 22.0. The number of nitrogens with zero attached hydrogens (tertiary/aromatic N) is 4. The van der Waals surface area contributed by atoms with Crippen molar-refractivity contribution in [1.29, 1.82) is 10.5 Å². The number of nitriles is 2. The molecule has 1 aliphatic rings. The largest absolute Gasteiger partial charge is 0.345 e. The summed E-state index contributed by atoms with van der Waals surface area (Å²) in [5, 5.41) is 20.5. The van der Waals surface area contributed by atoms with Crippen molar-refractivity contribution in [2.75, 3.05) is 6.54 Å². The molecule has 0 radical (unpaired) electrons. The van der Waals surface area contributed by atoms with E-state index in [9.17, 15) is 0 Å². The molecule has 0 aromatic heterocycles. The molecule has 0 aromatic rings. The first-order chi connectivity index (χ1) is 7.74. The van der Waals surface area contributed by atoms with Crippen LogP contribution >= 0.6 is 11.6 Å². The minimum atomic E-state index is -0.721. The molecule has 6 heteroatoms. The number of amidine groups is 1. The van der Waals surface area contributed by atoms with E-state index in [0.29, 0.717) is 12.4 Å². The first-order valence-electron chi connectivity index (χ1n) is 4.98. The van der Waals surface area contributed by atoms with Gasteiger partial charge >= 0.3 is 0 Å². The molecule has 0 aliphatic carbocycles. The molecular weight excluding hydrogens is 226 g/mol. The molecule has 5 nitrogen and oxygen atoms in total. The van der Waals surface area contributed by atoms with E-state index in [1.165, 1.54) is 6.20 Å². The topological polar surface area (TPSA) is 75.2 Å². The van der Waals surface area contributed by atoms with Crippen LogP contribution in [-0.4, -0.2) is 22.8 Å². The maximum Gasteiger partial charge on any atom is 0.186 e. The average molecular weight is 238 g/mol. The van der Waals surface area contributed by atoms with Gasteiger partial charge in [0, 0.05) is 12.7 Å². The molecule has 1 unspecified atom stereocenters. The molecule has 84 valence electrons. The van der Waals surface area contributed by atoms with Gasteiger partial charge in [0.15, 0.2) is 11.7 Å². The van der Waals surface area contributed by atoms with E-state index in [0.717, 1.165) is 17.7 Å². The monoisotopic (exact) mass is 237 g/mol. The van der Waals surface area contributed by atoms with Crippen molar-refractivity contribution in [2.45, 2.75) is 25.3 Å². The number of allylic oxidation sites excluding steroid dienone is 1. The number of hydrogen-bond donors (Lipinski definition) is 1. The minimum Gasteiger partial charge on any atom is -0.345 e. The third-order valence-electron chi connectivity index (χ3n) is 2.08. The first kappa shape index (κ1) is 12.4. The maximum absolute atomic E-state index is 8.87. The standard InChI is InChI=1S/C10H12ClN5/c1-2-3-4-14-10-9(11)16(7-13)8(5-12)6-15-10/h6,9H,2-4H2,1H3,(H,14,15). The molecule has 1 heterocycles. The maximum atomic E-state index is 8.87. The van der Waals surface area contributed by atoms with Gasteiger partial charge in [0.05, 0.1) is 0 Å². The zero-order valence-corrected chi connectivity index (χ0v) is 9.70. The van der Waals surface area contributed by atoms with Crippen LogP contribution in [-0.2, 0) is 0 Å². The van der Waals surface area contributed by atoms with E-state index in [4.69, 9.17) is 22.1 Å². The molecule has 0 saturated heterocycles. The van der Waals surface area contributed by atoms with Crippen LogP contribution in [0.4, 0.5) is 0 Å². The predicted molar refractivity (Wildman–Crippen MR) is 61.1 cm³/mol. The highest BCUT2D eigenvalue weighted by Gasteiger charge is 2.27. The van der Waals surface area contributed by atoms with Crippen LogP contribution in [0.5, 0.6) is 0 Å². The summed E-state index contributed by atoms with van der Waals surface area (Å²) < 4.78 is 0. The van der Waals surface area contributed by atoms with Crippen molar-refractivity contribution in [2.24, 2.45) is 4.99 Å². The average Bonchev–Trinajstić information content (AvgIpc) is 2.31. The Morgan fingerprint density at radius 3 is 2.94 bits per heavy atom. The van der Waals surface area contributed by atoms with Crippen LogP contribution < -0.4 is 5.32 Å². The molecule has 0 fully saturated rings. The smallest absolute Gasteiger partial charge is 0.186 e. The van der Waals surface area contributed by atoms with Gasteiger partial charge in [-0.2, -0.15) is 10.5 Å². The molecule has 1 aliphatic heterocycles. The quantitative estimate of drug-likeness (QED) is 0.349. The van der Waals surface area contributed by atoms with Gasteiger partial charge in [-0.3, -0.25) is 4.99 Å². The van der Waals surface area contributed by atoms with E-state index < -0.39 is 5.50 Å². The van der Waals surface area contributed by atoms with E-state index >= 15 is 0 Å². The van der Waals surface area contributed by atoms with Crippen LogP contribution in [0, 0.1) is 22.8 Å². The lowest BCUT2D eigenvalue weighted by Gasteiger charge is -2.26. The summed E-state index contributed by atoms with van der Waals surface area (Å²) in [6, 6.07) is 1.89. The number of unbranched alkanes of at least 4 members (excludes halogenated alkanes) is 1. The second kappa shape index (κ2) is 5.99. The highest BCUT2D eigenvalue weighted by Crippen LogP contribution is 2.16. The summed E-state index contributed by atoms with van der Waals surface area (Å²) in [4.78, 5) is 5.38. The Hall–Kier alpha value is -1.72. The second-order valence-electron chi connectivity index (χ2n) is 3.21. The molecule has 16 heavy (non-hydrogen) atoms. The third-order valence-corrected chi connectivity index (χ3v) is 2.49. The number of nitrogens with one attached hydrogen (secondary N) is 1. The molecule has 0 aromatic carbocycles. The van der Waals surface area contributed by atoms with Gasteiger partial charge in [-0.1, -0.05) is 24.9 Å². The van der Waals surface area contributed by atoms with E-state index in [1.807, 2.05) is 12.3 Å². The summed E-state index contributed by atoms with van der Waals surface area (Å²) in [5.41, 5.74) is -0.529. The molecule has 0 saturated carbocycles. The Morgan fingerprint density at radius 1 is 1.62 bits per heavy atom. The number of rotatable bonds is 3. The number of hydrogen-bond acceptors (Lipinski definition) is 4. The van der Waals surface area contributed by atoms with E-state index in [1.54, 1.807) is 0 Å². The van der Waals surface area contributed by atoms with Gasteiger partial charge < -0.3 is 5.32 Å². The lowest BCUT2D eigenvalue weighted by molar-refractivity contribution is 0.510. The fourth-order valence-corrected chi connectivity index (χ4v) is 1.48. The van der Waals surface area contributed by atoms with Crippen LogP contribution in [0.2, 0.25) is 0 Å². The van der Waals surface area contributed by atoms with Gasteiger partial charge in [-0.05, 0) is 6.42 Å². The highest BCUT2D eigenvalue weighted by molar-refractivity contribution is 6.32. The molecular formula is C10H12ClN5. The van der Waals surface area contributed by atoms with Crippen molar-refractivity contribution in [3.05, 3.63) is 11.9 Å². The lowest BCUT2D eigenvalue weighted by Crippen LogP contribution is -2.44. The van der Waals surface area contributed by atoms with Crippen molar-refractivity contribution in [3.63, 3.8) is 0 Å². The number of alkyl halides is 1. The van der Waals surface area contributed by atoms with Crippen molar-refractivity contribution in [3.8, 4) is 12.3 Å². The van der Waals surface area contributed by atoms with E-state index in [-0.39, 0.29) is 5.70 Å². The van der Waals surface area contributed by atoms with E-state index in [2.05, 4.69) is 17.2 Å². The number of aliphatic imine (C=N–C) groups is 1.